The van der Waals surface area contributed by atoms with Crippen molar-refractivity contribution in [1.82, 2.24) is 0 Å². The van der Waals surface area contributed by atoms with Gasteiger partial charge in [0, 0.05) is 11.6 Å². The summed E-state index contributed by atoms with van der Waals surface area (Å²) in [5.41, 5.74) is -0.600. The van der Waals surface area contributed by atoms with Crippen LogP contribution in [0.1, 0.15) is 18.4 Å². The van der Waals surface area contributed by atoms with E-state index in [1.807, 2.05) is 6.07 Å². The molecule has 0 unspecified atom stereocenters. The van der Waals surface area contributed by atoms with Gasteiger partial charge in [-0.3, -0.25) is 0 Å². The van der Waals surface area contributed by atoms with Crippen LogP contribution in [0.3, 0.4) is 0 Å². The summed E-state index contributed by atoms with van der Waals surface area (Å²) in [4.78, 5) is 0. The highest BCUT2D eigenvalue weighted by Crippen LogP contribution is 2.50. The van der Waals surface area contributed by atoms with Crippen LogP contribution in [0, 0.1) is 23.0 Å². The van der Waals surface area contributed by atoms with Crippen molar-refractivity contribution in [3.8, 4) is 11.8 Å². The zero-order chi connectivity index (χ0) is 10.3. The lowest BCUT2D eigenvalue weighted by Crippen LogP contribution is -2.04. The van der Waals surface area contributed by atoms with Crippen molar-refractivity contribution >= 4 is 0 Å². The Hall–Kier alpha value is -1.63. The van der Waals surface area contributed by atoms with Gasteiger partial charge in [-0.2, -0.15) is 5.26 Å². The number of hydrogen-bond donors (Lipinski definition) is 1. The fourth-order valence-electron chi connectivity index (χ4n) is 1.49. The van der Waals surface area contributed by atoms with Crippen molar-refractivity contribution in [1.29, 1.82) is 5.26 Å². The number of nitriles is 1. The van der Waals surface area contributed by atoms with Crippen LogP contribution >= 0.6 is 0 Å². The van der Waals surface area contributed by atoms with Gasteiger partial charge in [0.25, 0.3) is 0 Å². The molecule has 1 saturated carbocycles. The molecule has 0 spiro atoms. The van der Waals surface area contributed by atoms with Gasteiger partial charge >= 0.3 is 0 Å². The number of hydrogen-bond acceptors (Lipinski definition) is 2. The molecule has 1 fully saturated rings. The first kappa shape index (κ1) is 8.95. The van der Waals surface area contributed by atoms with Crippen LogP contribution in [-0.2, 0) is 5.41 Å². The van der Waals surface area contributed by atoms with Crippen LogP contribution in [0.5, 0.6) is 5.75 Å². The fourth-order valence-corrected chi connectivity index (χ4v) is 1.49. The first-order valence-electron chi connectivity index (χ1n) is 4.19. The molecular weight excluding hydrogens is 188 g/mol. The number of halogens is 2. The Kier molecular flexibility index (Phi) is 1.71. The third kappa shape index (κ3) is 1.13. The van der Waals surface area contributed by atoms with Gasteiger partial charge < -0.3 is 5.11 Å². The fraction of sp³-hybridized carbons (Fsp3) is 0.300. The highest BCUT2D eigenvalue weighted by molar-refractivity contribution is 5.47. The molecule has 1 aromatic carbocycles. The summed E-state index contributed by atoms with van der Waals surface area (Å²) in [6.45, 7) is 0. The van der Waals surface area contributed by atoms with E-state index in [2.05, 4.69) is 0 Å². The average molecular weight is 195 g/mol. The quantitative estimate of drug-likeness (QED) is 0.746. The van der Waals surface area contributed by atoms with Crippen LogP contribution in [0.25, 0.3) is 0 Å². The summed E-state index contributed by atoms with van der Waals surface area (Å²) in [7, 11) is 0. The maximum atomic E-state index is 12.9. The molecule has 0 bridgehead atoms. The predicted octanol–water partition coefficient (Wildman–Crippen LogP) is 2.23. The molecule has 1 aromatic rings. The Balaban J connectivity index is 2.55. The third-order valence-electron chi connectivity index (χ3n) is 2.52. The SMILES string of the molecule is N#CC1(c2cc(F)c(F)cc2O)CC1. The first-order valence-corrected chi connectivity index (χ1v) is 4.19. The molecule has 1 aliphatic carbocycles. The normalized spacial score (nSPS) is 17.5. The molecule has 1 N–H and O–H groups in total. The van der Waals surface area contributed by atoms with Gasteiger partial charge in [-0.05, 0) is 18.9 Å². The predicted molar refractivity (Wildman–Crippen MR) is 44.5 cm³/mol. The summed E-state index contributed by atoms with van der Waals surface area (Å²) in [5, 5.41) is 18.2. The van der Waals surface area contributed by atoms with Crippen molar-refractivity contribution in [2.75, 3.05) is 0 Å². The number of phenolic OH excluding ortho intramolecular Hbond substituents is 1. The van der Waals surface area contributed by atoms with Gasteiger partial charge in [-0.25, -0.2) is 8.78 Å². The van der Waals surface area contributed by atoms with Crippen molar-refractivity contribution in [3.05, 3.63) is 29.3 Å². The minimum Gasteiger partial charge on any atom is -0.508 e. The number of rotatable bonds is 1. The van der Waals surface area contributed by atoms with Gasteiger partial charge in [-0.15, -0.1) is 0 Å². The van der Waals surface area contributed by atoms with Gasteiger partial charge in [0.15, 0.2) is 11.6 Å². The number of nitrogens with zero attached hydrogens (tertiary/aromatic N) is 1. The molecule has 2 nitrogen and oxygen atoms in total. The lowest BCUT2D eigenvalue weighted by molar-refractivity contribution is 0.444. The maximum absolute atomic E-state index is 12.9. The van der Waals surface area contributed by atoms with E-state index in [1.165, 1.54) is 0 Å². The van der Waals surface area contributed by atoms with Gasteiger partial charge in [0.1, 0.15) is 5.75 Å². The lowest BCUT2D eigenvalue weighted by atomic mass is 9.96. The Morgan fingerprint density at radius 3 is 2.36 bits per heavy atom. The zero-order valence-electron chi connectivity index (χ0n) is 7.22. The first-order chi connectivity index (χ1) is 6.59. The smallest absolute Gasteiger partial charge is 0.162 e. The zero-order valence-corrected chi connectivity index (χ0v) is 7.22. The van der Waals surface area contributed by atoms with Crippen LogP contribution in [0.15, 0.2) is 12.1 Å². The molecule has 0 aliphatic heterocycles. The molecule has 0 heterocycles. The van der Waals surface area contributed by atoms with E-state index in [0.29, 0.717) is 18.9 Å². The molecule has 0 saturated heterocycles. The van der Waals surface area contributed by atoms with E-state index in [-0.39, 0.29) is 11.3 Å². The molecule has 0 amide bonds. The van der Waals surface area contributed by atoms with E-state index >= 15 is 0 Å². The van der Waals surface area contributed by atoms with E-state index in [0.717, 1.165) is 6.07 Å². The van der Waals surface area contributed by atoms with E-state index in [9.17, 15) is 13.9 Å². The molecule has 0 aromatic heterocycles. The summed E-state index contributed by atoms with van der Waals surface area (Å²) >= 11 is 0. The Bertz CT molecular complexity index is 432. The second-order valence-electron chi connectivity index (χ2n) is 3.48. The summed E-state index contributed by atoms with van der Waals surface area (Å²) < 4.78 is 25.5. The summed E-state index contributed by atoms with van der Waals surface area (Å²) in [6, 6.07) is 3.62. The Morgan fingerprint density at radius 1 is 1.29 bits per heavy atom. The molecule has 72 valence electrons. The van der Waals surface area contributed by atoms with Crippen LogP contribution in [-0.4, -0.2) is 5.11 Å². The van der Waals surface area contributed by atoms with Gasteiger partial charge in [-0.1, -0.05) is 0 Å². The van der Waals surface area contributed by atoms with E-state index < -0.39 is 17.0 Å². The van der Waals surface area contributed by atoms with E-state index in [4.69, 9.17) is 5.26 Å². The van der Waals surface area contributed by atoms with Crippen molar-refractivity contribution in [2.24, 2.45) is 0 Å². The minimum atomic E-state index is -1.10. The van der Waals surface area contributed by atoms with E-state index in [1.54, 1.807) is 0 Å². The van der Waals surface area contributed by atoms with Crippen LogP contribution < -0.4 is 0 Å². The van der Waals surface area contributed by atoms with Crippen LogP contribution in [0.2, 0.25) is 0 Å². The minimum absolute atomic E-state index is 0.193. The number of benzene rings is 1. The Labute approximate surface area is 79.4 Å². The monoisotopic (exact) mass is 195 g/mol. The largest absolute Gasteiger partial charge is 0.508 e. The lowest BCUT2D eigenvalue weighted by Gasteiger charge is -2.08. The van der Waals surface area contributed by atoms with Crippen molar-refractivity contribution < 1.29 is 13.9 Å². The third-order valence-corrected chi connectivity index (χ3v) is 2.52. The van der Waals surface area contributed by atoms with Crippen molar-refractivity contribution in [3.63, 3.8) is 0 Å². The van der Waals surface area contributed by atoms with Crippen molar-refractivity contribution in [2.45, 2.75) is 18.3 Å². The van der Waals surface area contributed by atoms with Gasteiger partial charge in [0.05, 0.1) is 11.5 Å². The molecule has 1 aliphatic rings. The summed E-state index contributed by atoms with van der Waals surface area (Å²) in [6.07, 6.45) is 1.17. The topological polar surface area (TPSA) is 44.0 Å². The molecule has 14 heavy (non-hydrogen) atoms. The highest BCUT2D eigenvalue weighted by atomic mass is 19.2. The van der Waals surface area contributed by atoms with Crippen LogP contribution in [0.4, 0.5) is 8.78 Å². The van der Waals surface area contributed by atoms with Gasteiger partial charge in [0.2, 0.25) is 0 Å². The second-order valence-corrected chi connectivity index (χ2v) is 3.48. The average Bonchev–Trinajstić information content (AvgIpc) is 2.92. The highest BCUT2D eigenvalue weighted by Gasteiger charge is 2.47. The molecule has 0 atom stereocenters. The molecule has 4 heteroatoms. The second kappa shape index (κ2) is 2.68. The number of aromatic hydroxyl groups is 1. The Morgan fingerprint density at radius 2 is 1.86 bits per heavy atom. The molecule has 0 radical (unpaired) electrons. The molecule has 2 rings (SSSR count). The number of phenols is 1. The standard InChI is InChI=1S/C10H7F2NO/c11-7-3-6(9(14)4-8(7)12)10(5-13)1-2-10/h3-4,14H,1-2H2. The maximum Gasteiger partial charge on any atom is 0.162 e. The molecular formula is C10H7F2NO. The summed E-state index contributed by atoms with van der Waals surface area (Å²) in [5.74, 6) is -2.47.